The number of methoxy groups -OCH3 is 1. The maximum Gasteiger partial charge on any atom is 0.235 e. The van der Waals surface area contributed by atoms with E-state index in [1.165, 1.54) is 25.7 Å². The third-order valence-electron chi connectivity index (χ3n) is 2.56. The molecule has 12 heavy (non-hydrogen) atoms. The van der Waals surface area contributed by atoms with Crippen LogP contribution in [0.25, 0.3) is 0 Å². The van der Waals surface area contributed by atoms with Crippen molar-refractivity contribution in [3.8, 4) is 0 Å². The van der Waals surface area contributed by atoms with E-state index in [1.807, 2.05) is 0 Å². The Balaban J connectivity index is 2.37. The molecule has 0 aromatic heterocycles. The van der Waals surface area contributed by atoms with Gasteiger partial charge in [0.1, 0.15) is 0 Å². The number of hydrogen-bond acceptors (Lipinski definition) is 3. The van der Waals surface area contributed by atoms with Gasteiger partial charge in [-0.3, -0.25) is 0 Å². The van der Waals surface area contributed by atoms with E-state index in [1.54, 1.807) is 13.2 Å². The van der Waals surface area contributed by atoms with Crippen molar-refractivity contribution in [2.75, 3.05) is 13.7 Å². The molecule has 0 aliphatic heterocycles. The van der Waals surface area contributed by atoms with Crippen molar-refractivity contribution < 1.29 is 9.53 Å². The minimum absolute atomic E-state index is 0.133. The zero-order valence-corrected chi connectivity index (χ0v) is 7.45. The zero-order valence-electron chi connectivity index (χ0n) is 7.45. The average Bonchev–Trinajstić information content (AvgIpc) is 2.59. The molecular weight excluding hydrogens is 154 g/mol. The van der Waals surface area contributed by atoms with Crippen LogP contribution in [0.1, 0.15) is 25.7 Å². The van der Waals surface area contributed by atoms with Crippen LogP contribution in [0.5, 0.6) is 0 Å². The van der Waals surface area contributed by atoms with Crippen LogP contribution < -0.4 is 0 Å². The van der Waals surface area contributed by atoms with Crippen LogP contribution >= 0.6 is 0 Å². The molecule has 68 valence electrons. The fourth-order valence-electron chi connectivity index (χ4n) is 1.87. The SMILES string of the molecule is COC(CN=C=O)C1CCCC1. The quantitative estimate of drug-likeness (QED) is 0.473. The van der Waals surface area contributed by atoms with E-state index in [0.717, 1.165) is 0 Å². The Hall–Kier alpha value is -0.660. The van der Waals surface area contributed by atoms with Crippen LogP contribution in [0.3, 0.4) is 0 Å². The second-order valence-corrected chi connectivity index (χ2v) is 3.25. The highest BCUT2D eigenvalue weighted by Gasteiger charge is 2.24. The first-order valence-electron chi connectivity index (χ1n) is 4.45. The number of ether oxygens (including phenoxy) is 1. The van der Waals surface area contributed by atoms with E-state index in [0.29, 0.717) is 12.5 Å². The van der Waals surface area contributed by atoms with Crippen molar-refractivity contribution in [2.45, 2.75) is 31.8 Å². The summed E-state index contributed by atoms with van der Waals surface area (Å²) in [5.41, 5.74) is 0. The van der Waals surface area contributed by atoms with Gasteiger partial charge in [0.25, 0.3) is 0 Å². The Morgan fingerprint density at radius 1 is 1.58 bits per heavy atom. The third kappa shape index (κ3) is 2.43. The smallest absolute Gasteiger partial charge is 0.235 e. The average molecular weight is 169 g/mol. The van der Waals surface area contributed by atoms with E-state index in [9.17, 15) is 4.79 Å². The molecule has 1 aliphatic rings. The molecule has 1 saturated carbocycles. The Morgan fingerprint density at radius 3 is 2.75 bits per heavy atom. The molecule has 1 unspecified atom stereocenters. The first kappa shape index (κ1) is 9.43. The molecule has 3 heteroatoms. The third-order valence-corrected chi connectivity index (χ3v) is 2.56. The molecule has 0 heterocycles. The van der Waals surface area contributed by atoms with Gasteiger partial charge >= 0.3 is 0 Å². The van der Waals surface area contributed by atoms with Crippen molar-refractivity contribution in [1.29, 1.82) is 0 Å². The second kappa shape index (κ2) is 5.07. The van der Waals surface area contributed by atoms with Gasteiger partial charge in [-0.2, -0.15) is 0 Å². The number of nitrogens with zero attached hydrogens (tertiary/aromatic N) is 1. The summed E-state index contributed by atoms with van der Waals surface area (Å²) in [6.45, 7) is 0.477. The van der Waals surface area contributed by atoms with Gasteiger partial charge in [-0.25, -0.2) is 9.79 Å². The minimum Gasteiger partial charge on any atom is -0.379 e. The van der Waals surface area contributed by atoms with Crippen LogP contribution in [0.15, 0.2) is 4.99 Å². The van der Waals surface area contributed by atoms with Crippen LogP contribution in [0.2, 0.25) is 0 Å². The van der Waals surface area contributed by atoms with Gasteiger partial charge in [0.05, 0.1) is 12.6 Å². The largest absolute Gasteiger partial charge is 0.379 e. The van der Waals surface area contributed by atoms with Crippen LogP contribution in [-0.4, -0.2) is 25.8 Å². The minimum atomic E-state index is 0.133. The lowest BCUT2D eigenvalue weighted by molar-refractivity contribution is 0.0616. The Morgan fingerprint density at radius 2 is 2.25 bits per heavy atom. The summed E-state index contributed by atoms with van der Waals surface area (Å²) >= 11 is 0. The fraction of sp³-hybridized carbons (Fsp3) is 0.889. The zero-order chi connectivity index (χ0) is 8.81. The van der Waals surface area contributed by atoms with E-state index < -0.39 is 0 Å². The summed E-state index contributed by atoms with van der Waals surface area (Å²) < 4.78 is 5.26. The molecule has 0 amide bonds. The highest BCUT2D eigenvalue weighted by atomic mass is 16.5. The molecule has 0 spiro atoms. The molecule has 0 aromatic carbocycles. The second-order valence-electron chi connectivity index (χ2n) is 3.25. The summed E-state index contributed by atoms with van der Waals surface area (Å²) in [7, 11) is 1.68. The standard InChI is InChI=1S/C9H15NO2/c1-12-9(6-10-7-11)8-4-2-3-5-8/h8-9H,2-6H2,1H3. The normalized spacial score (nSPS) is 20.4. The van der Waals surface area contributed by atoms with Gasteiger partial charge in [-0.05, 0) is 18.8 Å². The number of isocyanates is 1. The number of hydrogen-bond donors (Lipinski definition) is 0. The van der Waals surface area contributed by atoms with Crippen molar-refractivity contribution in [2.24, 2.45) is 10.9 Å². The van der Waals surface area contributed by atoms with Gasteiger partial charge in [0.15, 0.2) is 0 Å². The Bertz CT molecular complexity index is 169. The molecule has 1 rings (SSSR count). The van der Waals surface area contributed by atoms with Crippen molar-refractivity contribution in [1.82, 2.24) is 0 Å². The molecule has 0 N–H and O–H groups in total. The summed E-state index contributed by atoms with van der Waals surface area (Å²) in [4.78, 5) is 13.4. The van der Waals surface area contributed by atoms with Crippen molar-refractivity contribution in [3.05, 3.63) is 0 Å². The van der Waals surface area contributed by atoms with Crippen molar-refractivity contribution >= 4 is 6.08 Å². The molecule has 1 atom stereocenters. The topological polar surface area (TPSA) is 38.7 Å². The van der Waals surface area contributed by atoms with Gasteiger partial charge in [-0.15, -0.1) is 0 Å². The highest BCUT2D eigenvalue weighted by molar-refractivity contribution is 5.32. The molecule has 3 nitrogen and oxygen atoms in total. The van der Waals surface area contributed by atoms with Crippen molar-refractivity contribution in [3.63, 3.8) is 0 Å². The van der Waals surface area contributed by atoms with Gasteiger partial charge in [-0.1, -0.05) is 12.8 Å². The van der Waals surface area contributed by atoms with Crippen LogP contribution in [-0.2, 0) is 9.53 Å². The molecule has 0 saturated heterocycles. The summed E-state index contributed by atoms with van der Waals surface area (Å²) in [6, 6.07) is 0. The Labute approximate surface area is 72.8 Å². The number of aliphatic imine (C=N–C) groups is 1. The molecule has 1 aliphatic carbocycles. The highest BCUT2D eigenvalue weighted by Crippen LogP contribution is 2.28. The maximum atomic E-state index is 9.89. The Kier molecular flexibility index (Phi) is 3.98. The van der Waals surface area contributed by atoms with E-state index in [-0.39, 0.29) is 6.10 Å². The molecular formula is C9H15NO2. The lowest BCUT2D eigenvalue weighted by atomic mass is 10.0. The van der Waals surface area contributed by atoms with Gasteiger partial charge < -0.3 is 4.74 Å². The van der Waals surface area contributed by atoms with Crippen LogP contribution in [0.4, 0.5) is 0 Å². The van der Waals surface area contributed by atoms with Gasteiger partial charge in [0, 0.05) is 7.11 Å². The molecule has 0 bridgehead atoms. The summed E-state index contributed by atoms with van der Waals surface area (Å²) in [6.07, 6.45) is 6.69. The maximum absolute atomic E-state index is 9.89. The molecule has 1 fully saturated rings. The number of carbonyl (C=O) groups excluding carboxylic acids is 1. The molecule has 0 radical (unpaired) electrons. The monoisotopic (exact) mass is 169 g/mol. The first-order valence-corrected chi connectivity index (χ1v) is 4.45. The summed E-state index contributed by atoms with van der Waals surface area (Å²) in [5, 5.41) is 0. The van der Waals surface area contributed by atoms with E-state index >= 15 is 0 Å². The van der Waals surface area contributed by atoms with Crippen LogP contribution in [0, 0.1) is 5.92 Å². The predicted molar refractivity (Wildman–Crippen MR) is 45.7 cm³/mol. The molecule has 0 aromatic rings. The van der Waals surface area contributed by atoms with Gasteiger partial charge in [0.2, 0.25) is 6.08 Å². The lowest BCUT2D eigenvalue weighted by Crippen LogP contribution is -2.23. The summed E-state index contributed by atoms with van der Waals surface area (Å²) in [5.74, 6) is 0.604. The number of rotatable bonds is 4. The fourth-order valence-corrected chi connectivity index (χ4v) is 1.87. The lowest BCUT2D eigenvalue weighted by Gasteiger charge is -2.18. The predicted octanol–water partition coefficient (Wildman–Crippen LogP) is 1.53. The van der Waals surface area contributed by atoms with E-state index in [2.05, 4.69) is 4.99 Å². The first-order chi connectivity index (χ1) is 5.88. The van der Waals surface area contributed by atoms with E-state index in [4.69, 9.17) is 4.74 Å².